The number of carbonyl (C=O) groups excluding carboxylic acids is 2. The van der Waals surface area contributed by atoms with Crippen LogP contribution in [0.1, 0.15) is 47.2 Å². The molecule has 2 fully saturated rings. The van der Waals surface area contributed by atoms with Crippen LogP contribution in [-0.2, 0) is 14.8 Å². The lowest BCUT2D eigenvalue weighted by Gasteiger charge is -2.31. The van der Waals surface area contributed by atoms with Crippen molar-refractivity contribution in [2.24, 2.45) is 5.92 Å². The van der Waals surface area contributed by atoms with Crippen LogP contribution in [0.25, 0.3) is 0 Å². The van der Waals surface area contributed by atoms with E-state index in [9.17, 15) is 18.0 Å². The van der Waals surface area contributed by atoms with Crippen molar-refractivity contribution in [3.8, 4) is 0 Å². The van der Waals surface area contributed by atoms with Gasteiger partial charge in [-0.25, -0.2) is 8.42 Å². The van der Waals surface area contributed by atoms with E-state index in [-0.39, 0.29) is 23.8 Å². The topological polar surface area (TPSA) is 95.6 Å². The quantitative estimate of drug-likeness (QED) is 0.699. The second kappa shape index (κ2) is 9.03. The monoisotopic (exact) mass is 455 g/mol. The predicted octanol–water partition coefficient (Wildman–Crippen LogP) is 3.24. The number of nitrogens with one attached hydrogen (secondary N) is 2. The Morgan fingerprint density at radius 2 is 1.69 bits per heavy atom. The Labute approximate surface area is 189 Å². The van der Waals surface area contributed by atoms with Gasteiger partial charge in [-0.1, -0.05) is 23.8 Å². The average molecular weight is 456 g/mol. The fraction of sp³-hybridized carbons (Fsp3) is 0.417. The summed E-state index contributed by atoms with van der Waals surface area (Å²) >= 11 is 0. The second-order valence-corrected chi connectivity index (χ2v) is 10.7. The maximum atomic E-state index is 13.1. The van der Waals surface area contributed by atoms with Crippen LogP contribution in [0, 0.1) is 19.8 Å². The number of sulfonamides is 1. The van der Waals surface area contributed by atoms with Crippen LogP contribution in [0.5, 0.6) is 0 Å². The summed E-state index contributed by atoms with van der Waals surface area (Å²) < 4.78 is 27.6. The zero-order valence-electron chi connectivity index (χ0n) is 18.4. The van der Waals surface area contributed by atoms with Crippen LogP contribution < -0.4 is 10.6 Å². The number of nitrogens with zero attached hydrogens (tertiary/aromatic N) is 1. The highest BCUT2D eigenvalue weighted by Gasteiger charge is 2.33. The molecule has 1 aliphatic carbocycles. The summed E-state index contributed by atoms with van der Waals surface area (Å²) in [7, 11) is -3.58. The van der Waals surface area contributed by atoms with Crippen molar-refractivity contribution in [2.75, 3.05) is 18.4 Å². The van der Waals surface area contributed by atoms with Crippen molar-refractivity contribution in [1.29, 1.82) is 0 Å². The first-order chi connectivity index (χ1) is 15.2. The fourth-order valence-electron chi connectivity index (χ4n) is 4.07. The Bertz CT molecular complexity index is 1130. The van der Waals surface area contributed by atoms with E-state index in [2.05, 4.69) is 10.6 Å². The molecule has 8 heteroatoms. The molecule has 1 saturated heterocycles. The number of rotatable bonds is 6. The highest BCUT2D eigenvalue weighted by Crippen LogP contribution is 2.27. The van der Waals surface area contributed by atoms with Gasteiger partial charge in [0.05, 0.1) is 4.90 Å². The fourth-order valence-corrected chi connectivity index (χ4v) is 5.74. The summed E-state index contributed by atoms with van der Waals surface area (Å²) in [6.45, 7) is 4.34. The molecule has 1 saturated carbocycles. The lowest BCUT2D eigenvalue weighted by Crippen LogP contribution is -2.41. The van der Waals surface area contributed by atoms with Crippen molar-refractivity contribution in [3.05, 3.63) is 59.2 Å². The first kappa shape index (κ1) is 22.5. The molecule has 1 aliphatic heterocycles. The second-order valence-electron chi connectivity index (χ2n) is 8.77. The van der Waals surface area contributed by atoms with Gasteiger partial charge < -0.3 is 10.6 Å². The maximum Gasteiger partial charge on any atom is 0.251 e. The number of benzene rings is 2. The minimum absolute atomic E-state index is 0.131. The number of piperidine rings is 1. The van der Waals surface area contributed by atoms with Crippen molar-refractivity contribution in [1.82, 2.24) is 9.62 Å². The van der Waals surface area contributed by atoms with Crippen LogP contribution in [0.15, 0.2) is 47.4 Å². The number of hydrogen-bond acceptors (Lipinski definition) is 4. The third-order valence-corrected chi connectivity index (χ3v) is 8.14. The first-order valence-corrected chi connectivity index (χ1v) is 12.5. The molecule has 2 amide bonds. The normalized spacial score (nSPS) is 17.7. The Morgan fingerprint density at radius 1 is 0.969 bits per heavy atom. The SMILES string of the molecule is Cc1ccc(S(=O)(=O)N2CCC(C(=O)Nc3cccc(C(=O)NC4CC4)c3)CC2)c(C)c1. The molecule has 170 valence electrons. The Hall–Kier alpha value is -2.71. The van der Waals surface area contributed by atoms with E-state index in [1.54, 1.807) is 43.3 Å². The van der Waals surface area contributed by atoms with Crippen LogP contribution in [0.4, 0.5) is 5.69 Å². The third kappa shape index (κ3) is 5.02. The molecule has 1 heterocycles. The molecule has 0 aromatic heterocycles. The number of anilines is 1. The van der Waals surface area contributed by atoms with E-state index in [1.165, 1.54) is 4.31 Å². The Kier molecular flexibility index (Phi) is 6.35. The molecule has 32 heavy (non-hydrogen) atoms. The van der Waals surface area contributed by atoms with Gasteiger partial charge in [-0.2, -0.15) is 4.31 Å². The highest BCUT2D eigenvalue weighted by molar-refractivity contribution is 7.89. The van der Waals surface area contributed by atoms with Gasteiger partial charge in [0.2, 0.25) is 15.9 Å². The predicted molar refractivity (Wildman–Crippen MR) is 123 cm³/mol. The van der Waals surface area contributed by atoms with E-state index >= 15 is 0 Å². The maximum absolute atomic E-state index is 13.1. The Morgan fingerprint density at radius 3 is 2.34 bits per heavy atom. The molecule has 0 radical (unpaired) electrons. The van der Waals surface area contributed by atoms with Crippen molar-refractivity contribution < 1.29 is 18.0 Å². The zero-order chi connectivity index (χ0) is 22.9. The minimum atomic E-state index is -3.58. The lowest BCUT2D eigenvalue weighted by molar-refractivity contribution is -0.120. The van der Waals surface area contributed by atoms with Crippen LogP contribution >= 0.6 is 0 Å². The molecule has 4 rings (SSSR count). The third-order valence-electron chi connectivity index (χ3n) is 6.08. The summed E-state index contributed by atoms with van der Waals surface area (Å²) in [5.41, 5.74) is 2.84. The summed E-state index contributed by atoms with van der Waals surface area (Å²) in [5, 5.41) is 5.83. The van der Waals surface area contributed by atoms with Crippen molar-refractivity contribution in [3.63, 3.8) is 0 Å². The molecular weight excluding hydrogens is 426 g/mol. The van der Waals surface area contributed by atoms with Gasteiger partial charge >= 0.3 is 0 Å². The summed E-state index contributed by atoms with van der Waals surface area (Å²) in [6.07, 6.45) is 2.94. The molecule has 0 atom stereocenters. The molecule has 0 spiro atoms. The average Bonchev–Trinajstić information content (AvgIpc) is 3.57. The van der Waals surface area contributed by atoms with Gasteiger partial charge in [0.25, 0.3) is 5.91 Å². The number of aryl methyl sites for hydroxylation is 2. The summed E-state index contributed by atoms with van der Waals surface area (Å²) in [5.74, 6) is -0.550. The first-order valence-electron chi connectivity index (χ1n) is 11.0. The van der Waals surface area contributed by atoms with E-state index < -0.39 is 10.0 Å². The van der Waals surface area contributed by atoms with E-state index in [1.807, 2.05) is 13.0 Å². The number of hydrogen-bond donors (Lipinski definition) is 2. The van der Waals surface area contributed by atoms with Gasteiger partial charge in [0, 0.05) is 36.3 Å². The van der Waals surface area contributed by atoms with Crippen LogP contribution in [0.2, 0.25) is 0 Å². The molecule has 7 nitrogen and oxygen atoms in total. The van der Waals surface area contributed by atoms with Gasteiger partial charge in [-0.15, -0.1) is 0 Å². The van der Waals surface area contributed by atoms with Crippen LogP contribution in [-0.4, -0.2) is 43.7 Å². The molecular formula is C24H29N3O4S. The highest BCUT2D eigenvalue weighted by atomic mass is 32.2. The van der Waals surface area contributed by atoms with Crippen molar-refractivity contribution in [2.45, 2.75) is 50.5 Å². The van der Waals surface area contributed by atoms with Gasteiger partial charge in [-0.3, -0.25) is 9.59 Å². The van der Waals surface area contributed by atoms with Gasteiger partial charge in [0.15, 0.2) is 0 Å². The largest absolute Gasteiger partial charge is 0.349 e. The molecule has 0 unspecified atom stereocenters. The van der Waals surface area contributed by atoms with E-state index in [0.29, 0.717) is 42.1 Å². The lowest BCUT2D eigenvalue weighted by atomic mass is 9.97. The summed E-state index contributed by atoms with van der Waals surface area (Å²) in [6, 6.07) is 12.5. The smallest absolute Gasteiger partial charge is 0.251 e. The molecule has 0 bridgehead atoms. The minimum Gasteiger partial charge on any atom is -0.349 e. The van der Waals surface area contributed by atoms with Crippen LogP contribution in [0.3, 0.4) is 0 Å². The molecule has 2 N–H and O–H groups in total. The summed E-state index contributed by atoms with van der Waals surface area (Å²) in [4.78, 5) is 25.3. The van der Waals surface area contributed by atoms with Crippen molar-refractivity contribution >= 4 is 27.5 Å². The standard InChI is InChI=1S/C24H29N3O4S/c1-16-6-9-22(17(2)14-16)32(30,31)27-12-10-18(11-13-27)23(28)26-21-5-3-4-19(15-21)24(29)25-20-7-8-20/h3-6,9,14-15,18,20H,7-8,10-13H2,1-2H3,(H,25,29)(H,26,28). The molecule has 2 aromatic rings. The van der Waals surface area contributed by atoms with Gasteiger partial charge in [-0.05, 0) is 69.4 Å². The Balaban J connectivity index is 1.36. The zero-order valence-corrected chi connectivity index (χ0v) is 19.2. The molecule has 2 aromatic carbocycles. The number of amides is 2. The number of carbonyl (C=O) groups is 2. The van der Waals surface area contributed by atoms with Gasteiger partial charge in [0.1, 0.15) is 0 Å². The molecule has 2 aliphatic rings. The van der Waals surface area contributed by atoms with E-state index in [4.69, 9.17) is 0 Å². The van der Waals surface area contributed by atoms with E-state index in [0.717, 1.165) is 24.0 Å².